The van der Waals surface area contributed by atoms with Gasteiger partial charge < -0.3 is 14.6 Å². The Morgan fingerprint density at radius 3 is 2.00 bits per heavy atom. The second kappa shape index (κ2) is 9.93. The molecule has 0 aromatic heterocycles. The first kappa shape index (κ1) is 20.8. The van der Waals surface area contributed by atoms with Crippen LogP contribution >= 0.6 is 0 Å². The predicted octanol–water partition coefficient (Wildman–Crippen LogP) is -1.39. The van der Waals surface area contributed by atoms with Crippen LogP contribution in [-0.2, 0) is 4.79 Å². The van der Waals surface area contributed by atoms with Crippen molar-refractivity contribution in [2.45, 2.75) is 0 Å². The maximum absolute atomic E-state index is 12.4. The molecule has 25 heavy (non-hydrogen) atoms. The summed E-state index contributed by atoms with van der Waals surface area (Å²) >= 11 is 0. The number of rotatable bonds is 7. The maximum atomic E-state index is 12.4. The number of benzene rings is 2. The fraction of sp³-hybridized carbons (Fsp3) is 0.176. The maximum Gasteiger partial charge on any atom is 1.00 e. The van der Waals surface area contributed by atoms with E-state index in [-0.39, 0.29) is 35.3 Å². The Kier molecular flexibility index (Phi) is 8.27. The largest absolute Gasteiger partial charge is 1.00 e. The number of aliphatic carboxylic acids is 1. The number of carboxylic acids is 1. The van der Waals surface area contributed by atoms with E-state index >= 15 is 0 Å². The van der Waals surface area contributed by atoms with Gasteiger partial charge in [-0.2, -0.15) is 0 Å². The molecule has 0 atom stereocenters. The molecule has 2 rings (SSSR count). The van der Waals surface area contributed by atoms with Gasteiger partial charge in [-0.15, -0.1) is 5.11 Å². The van der Waals surface area contributed by atoms with Gasteiger partial charge in [0.05, 0.1) is 11.7 Å². The smallest absolute Gasteiger partial charge is 0.546 e. The minimum absolute atomic E-state index is 0. The van der Waals surface area contributed by atoms with E-state index in [2.05, 4.69) is 10.3 Å². The summed E-state index contributed by atoms with van der Waals surface area (Å²) in [6, 6.07) is 13.0. The average Bonchev–Trinajstić information content (AvgIpc) is 2.58. The van der Waals surface area contributed by atoms with Gasteiger partial charge in [0.2, 0.25) is 0 Å². The average molecular weight is 349 g/mol. The summed E-state index contributed by atoms with van der Waals surface area (Å²) in [5.74, 6) is -1.10. The number of ketones is 1. The summed E-state index contributed by atoms with van der Waals surface area (Å²) < 4.78 is 4.97. The standard InChI is InChI=1S/C17H17N3O4.Na/c1-20(2)19-18-14-7-3-12(4-8-14)17(23)13-5-9-15(10-6-13)24-11-16(21)22;/h3-10H,11H2,1-2H3,(H,21,22);/q;+1/p-1. The molecule has 0 radical (unpaired) electrons. The fourth-order valence-electron chi connectivity index (χ4n) is 1.83. The van der Waals surface area contributed by atoms with Crippen LogP contribution in [0.2, 0.25) is 0 Å². The Labute approximate surface area is 167 Å². The number of nitrogens with zero attached hydrogens (tertiary/aromatic N) is 3. The third kappa shape index (κ3) is 6.66. The van der Waals surface area contributed by atoms with E-state index in [4.69, 9.17) is 4.74 Å². The summed E-state index contributed by atoms with van der Waals surface area (Å²) in [7, 11) is 3.53. The van der Waals surface area contributed by atoms with Crippen molar-refractivity contribution >= 4 is 17.4 Å². The number of carbonyl (C=O) groups excluding carboxylic acids is 2. The van der Waals surface area contributed by atoms with Crippen molar-refractivity contribution in [1.82, 2.24) is 5.01 Å². The molecule has 0 saturated heterocycles. The van der Waals surface area contributed by atoms with E-state index in [1.165, 1.54) is 12.1 Å². The molecule has 0 saturated carbocycles. The van der Waals surface area contributed by atoms with Crippen LogP contribution in [0, 0.1) is 0 Å². The van der Waals surface area contributed by atoms with Crippen molar-refractivity contribution in [2.24, 2.45) is 10.3 Å². The zero-order valence-corrected chi connectivity index (χ0v) is 16.3. The molecule has 8 heteroatoms. The summed E-state index contributed by atoms with van der Waals surface area (Å²) in [6.45, 7) is -0.531. The van der Waals surface area contributed by atoms with E-state index < -0.39 is 12.6 Å². The molecule has 0 amide bonds. The molecular formula is C17H16N3NaO4. The van der Waals surface area contributed by atoms with E-state index in [0.29, 0.717) is 22.6 Å². The summed E-state index contributed by atoms with van der Waals surface area (Å²) in [5, 5.41) is 19.8. The van der Waals surface area contributed by atoms with Crippen LogP contribution in [0.25, 0.3) is 0 Å². The van der Waals surface area contributed by atoms with Gasteiger partial charge in [0.1, 0.15) is 12.4 Å². The zero-order chi connectivity index (χ0) is 17.5. The van der Waals surface area contributed by atoms with Crippen LogP contribution in [0.5, 0.6) is 5.75 Å². The minimum atomic E-state index is -1.30. The van der Waals surface area contributed by atoms with Crippen molar-refractivity contribution in [3.05, 3.63) is 59.7 Å². The first-order valence-corrected chi connectivity index (χ1v) is 7.12. The third-order valence-corrected chi connectivity index (χ3v) is 2.94. The van der Waals surface area contributed by atoms with Gasteiger partial charge in [-0.3, -0.25) is 9.80 Å². The molecular weight excluding hydrogens is 333 g/mol. The first-order valence-electron chi connectivity index (χ1n) is 7.12. The van der Waals surface area contributed by atoms with Crippen molar-refractivity contribution in [2.75, 3.05) is 20.7 Å². The summed E-state index contributed by atoms with van der Waals surface area (Å²) in [6.07, 6.45) is 0. The molecule has 2 aromatic rings. The van der Waals surface area contributed by atoms with Crippen LogP contribution in [-0.4, -0.2) is 37.5 Å². The normalized spacial score (nSPS) is 10.2. The molecule has 7 nitrogen and oxygen atoms in total. The van der Waals surface area contributed by atoms with E-state index in [1.54, 1.807) is 55.5 Å². The number of carboxylic acid groups (broad SMARTS) is 1. The van der Waals surface area contributed by atoms with Crippen molar-refractivity contribution in [3.8, 4) is 5.75 Å². The van der Waals surface area contributed by atoms with Gasteiger partial charge in [0, 0.05) is 25.2 Å². The molecule has 0 aliphatic carbocycles. The van der Waals surface area contributed by atoms with Gasteiger partial charge in [0.25, 0.3) is 0 Å². The van der Waals surface area contributed by atoms with Crippen molar-refractivity contribution in [3.63, 3.8) is 0 Å². The quantitative estimate of drug-likeness (QED) is 0.266. The third-order valence-electron chi connectivity index (χ3n) is 2.94. The van der Waals surface area contributed by atoms with Crippen LogP contribution < -0.4 is 39.4 Å². The Bertz CT molecular complexity index is 743. The van der Waals surface area contributed by atoms with Crippen LogP contribution in [0.15, 0.2) is 58.9 Å². The summed E-state index contributed by atoms with van der Waals surface area (Å²) in [4.78, 5) is 22.7. The predicted molar refractivity (Wildman–Crippen MR) is 85.0 cm³/mol. The first-order chi connectivity index (χ1) is 11.5. The molecule has 0 N–H and O–H groups in total. The van der Waals surface area contributed by atoms with Crippen LogP contribution in [0.4, 0.5) is 5.69 Å². The molecule has 0 unspecified atom stereocenters. The minimum Gasteiger partial charge on any atom is -0.546 e. The topological polar surface area (TPSA) is 94.4 Å². The van der Waals surface area contributed by atoms with E-state index in [9.17, 15) is 14.7 Å². The van der Waals surface area contributed by atoms with Gasteiger partial charge in [-0.25, -0.2) is 0 Å². The van der Waals surface area contributed by atoms with E-state index in [1.807, 2.05) is 0 Å². The monoisotopic (exact) mass is 349 g/mol. The molecule has 0 aliphatic rings. The molecule has 0 fully saturated rings. The fourth-order valence-corrected chi connectivity index (χ4v) is 1.83. The molecule has 0 heterocycles. The van der Waals surface area contributed by atoms with Gasteiger partial charge in [0.15, 0.2) is 5.78 Å². The Morgan fingerprint density at radius 2 is 1.52 bits per heavy atom. The van der Waals surface area contributed by atoms with Crippen molar-refractivity contribution in [1.29, 1.82) is 0 Å². The molecule has 0 spiro atoms. The van der Waals surface area contributed by atoms with Gasteiger partial charge in [-0.1, -0.05) is 5.22 Å². The number of hydrogen-bond acceptors (Lipinski definition) is 6. The van der Waals surface area contributed by atoms with Crippen molar-refractivity contribution < 1.29 is 49.0 Å². The second-order valence-corrected chi connectivity index (χ2v) is 5.10. The Balaban J connectivity index is 0.00000312. The number of carbonyl (C=O) groups is 2. The molecule has 124 valence electrons. The van der Waals surface area contributed by atoms with E-state index in [0.717, 1.165) is 0 Å². The Hall–Kier alpha value is -2.22. The second-order valence-electron chi connectivity index (χ2n) is 5.10. The SMILES string of the molecule is CN(C)N=Nc1ccc(C(=O)c2ccc(OCC(=O)[O-])cc2)cc1.[Na+]. The molecule has 0 bridgehead atoms. The molecule has 2 aromatic carbocycles. The Morgan fingerprint density at radius 1 is 1.00 bits per heavy atom. The zero-order valence-electron chi connectivity index (χ0n) is 14.3. The summed E-state index contributed by atoms with van der Waals surface area (Å²) in [5.41, 5.74) is 1.63. The van der Waals surface area contributed by atoms with Crippen LogP contribution in [0.1, 0.15) is 15.9 Å². The van der Waals surface area contributed by atoms with Crippen LogP contribution in [0.3, 0.4) is 0 Å². The number of ether oxygens (including phenoxy) is 1. The number of hydrogen-bond donors (Lipinski definition) is 0. The van der Waals surface area contributed by atoms with Gasteiger partial charge in [-0.05, 0) is 48.5 Å². The molecule has 0 aliphatic heterocycles. The van der Waals surface area contributed by atoms with Gasteiger partial charge >= 0.3 is 29.6 Å².